The number of benzene rings is 2. The number of urea groups is 1. The number of carbonyl (C=O) groups excluding carboxylic acids is 3. The Labute approximate surface area is 367 Å². The molecule has 15 nitrogen and oxygen atoms in total. The van der Waals surface area contributed by atoms with E-state index in [0.717, 1.165) is 73.3 Å². The van der Waals surface area contributed by atoms with E-state index < -0.39 is 0 Å². The molecule has 0 radical (unpaired) electrons. The molecule has 4 amide bonds. The van der Waals surface area contributed by atoms with Gasteiger partial charge in [-0.1, -0.05) is 24.3 Å². The molecule has 2 saturated carbocycles. The summed E-state index contributed by atoms with van der Waals surface area (Å²) in [6.45, 7) is 9.26. The molecular formula is C48H56N10O5. The van der Waals surface area contributed by atoms with Gasteiger partial charge in [0.25, 0.3) is 5.91 Å². The molecule has 15 heteroatoms. The molecular weight excluding hydrogens is 797 g/mol. The van der Waals surface area contributed by atoms with Crippen LogP contribution in [0.2, 0.25) is 0 Å². The summed E-state index contributed by atoms with van der Waals surface area (Å²) in [6.07, 6.45) is 10.9. The number of aromatic hydroxyl groups is 1. The van der Waals surface area contributed by atoms with Crippen molar-refractivity contribution in [2.45, 2.75) is 89.0 Å². The quantitative estimate of drug-likeness (QED) is 0.145. The molecule has 10 rings (SSSR count). The molecule has 3 saturated heterocycles. The first-order chi connectivity index (χ1) is 30.6. The largest absolute Gasteiger partial charge is 0.507 e. The highest BCUT2D eigenvalue weighted by molar-refractivity contribution is 6.06. The highest BCUT2D eigenvalue weighted by Gasteiger charge is 2.36. The molecule has 4 N–H and O–H groups in total. The number of hydrogen-bond acceptors (Lipinski definition) is 11. The van der Waals surface area contributed by atoms with Gasteiger partial charge in [-0.25, -0.2) is 9.78 Å². The minimum Gasteiger partial charge on any atom is -0.507 e. The van der Waals surface area contributed by atoms with Crippen LogP contribution < -0.4 is 20.9 Å². The molecule has 0 unspecified atom stereocenters. The summed E-state index contributed by atoms with van der Waals surface area (Å²) in [5.74, 6) is 1.43. The molecule has 3 aliphatic heterocycles. The number of phenols is 1. The van der Waals surface area contributed by atoms with Crippen LogP contribution >= 0.6 is 0 Å². The number of imide groups is 1. The van der Waals surface area contributed by atoms with Gasteiger partial charge in [-0.05, 0) is 112 Å². The molecule has 5 fully saturated rings. The van der Waals surface area contributed by atoms with Crippen LogP contribution in [-0.4, -0.2) is 110 Å². The van der Waals surface area contributed by atoms with Crippen molar-refractivity contribution in [2.24, 2.45) is 5.92 Å². The Morgan fingerprint density at radius 3 is 2.41 bits per heavy atom. The number of nitrogens with one attached hydrogen (secondary N) is 1. The zero-order chi connectivity index (χ0) is 43.4. The van der Waals surface area contributed by atoms with Gasteiger partial charge >= 0.3 is 6.03 Å². The number of aromatic nitrogens is 4. The van der Waals surface area contributed by atoms with Crippen LogP contribution in [0, 0.1) is 5.92 Å². The Morgan fingerprint density at radius 1 is 0.921 bits per heavy atom. The second-order valence-electron chi connectivity index (χ2n) is 18.2. The molecule has 6 heterocycles. The number of amides is 4. The molecule has 63 heavy (non-hydrogen) atoms. The number of nitrogens with two attached hydrogens (primary N) is 1. The molecule has 3 aromatic heterocycles. The van der Waals surface area contributed by atoms with Crippen LogP contribution in [0.1, 0.15) is 98.3 Å². The number of hydrogen-bond donors (Lipinski definition) is 3. The summed E-state index contributed by atoms with van der Waals surface area (Å²) in [7, 11) is 0. The van der Waals surface area contributed by atoms with E-state index in [-0.39, 0.29) is 41.8 Å². The molecule has 5 aromatic rings. The number of piperazine rings is 1. The number of pyridine rings is 1. The Bertz CT molecular complexity index is 2520. The lowest BCUT2D eigenvalue weighted by Gasteiger charge is -2.43. The summed E-state index contributed by atoms with van der Waals surface area (Å²) in [5, 5.41) is 22.6. The van der Waals surface area contributed by atoms with Crippen LogP contribution in [-0.2, 0) is 9.53 Å². The van der Waals surface area contributed by atoms with Gasteiger partial charge in [0.1, 0.15) is 17.5 Å². The third-order valence-corrected chi connectivity index (χ3v) is 14.2. The lowest BCUT2D eigenvalue weighted by molar-refractivity contribution is -0.120. The number of anilines is 3. The SMILES string of the molecule is C[C@H]1O[C@@H](c2ccc(C(=O)N3CCN(CC4CCC(n5cc(C6CC6)c6cc(N7CCC(=O)NC7=O)cnc65)CC4)CC3)cc2)CN(c2cc(-c3ccccc3O)nnc2N)[C@H]1C. The maximum absolute atomic E-state index is 13.7. The molecule has 5 aliphatic rings. The van der Waals surface area contributed by atoms with Crippen molar-refractivity contribution in [2.75, 3.05) is 61.3 Å². The third kappa shape index (κ3) is 8.19. The van der Waals surface area contributed by atoms with Crippen molar-refractivity contribution in [1.29, 1.82) is 0 Å². The average Bonchev–Trinajstić information content (AvgIpc) is 4.08. The van der Waals surface area contributed by atoms with E-state index in [1.54, 1.807) is 23.2 Å². The van der Waals surface area contributed by atoms with Crippen molar-refractivity contribution in [3.63, 3.8) is 0 Å². The molecule has 0 spiro atoms. The topological polar surface area (TPSA) is 175 Å². The summed E-state index contributed by atoms with van der Waals surface area (Å²) in [6, 6.07) is 18.9. The lowest BCUT2D eigenvalue weighted by Crippen LogP contribution is -2.50. The number of morpholine rings is 1. The van der Waals surface area contributed by atoms with Gasteiger partial charge in [-0.3, -0.25) is 24.7 Å². The van der Waals surface area contributed by atoms with Crippen LogP contribution in [0.15, 0.2) is 73.1 Å². The Hall–Kier alpha value is -6.06. The highest BCUT2D eigenvalue weighted by atomic mass is 16.5. The fourth-order valence-corrected chi connectivity index (χ4v) is 10.2. The predicted octanol–water partition coefficient (Wildman–Crippen LogP) is 6.65. The van der Waals surface area contributed by atoms with Crippen LogP contribution in [0.3, 0.4) is 0 Å². The number of ether oxygens (including phenoxy) is 1. The number of carbonyl (C=O) groups is 3. The van der Waals surface area contributed by atoms with E-state index in [0.29, 0.717) is 73.1 Å². The van der Waals surface area contributed by atoms with E-state index in [1.807, 2.05) is 47.4 Å². The zero-order valence-corrected chi connectivity index (χ0v) is 36.0. The fourth-order valence-electron chi connectivity index (χ4n) is 10.2. The van der Waals surface area contributed by atoms with Gasteiger partial charge in [0.15, 0.2) is 5.82 Å². The van der Waals surface area contributed by atoms with Gasteiger partial charge in [-0.15, -0.1) is 10.2 Å². The van der Waals surface area contributed by atoms with Crippen molar-refractivity contribution in [1.82, 2.24) is 34.9 Å². The minimum absolute atomic E-state index is 0.00631. The smallest absolute Gasteiger partial charge is 0.328 e. The summed E-state index contributed by atoms with van der Waals surface area (Å²) >= 11 is 0. The number of fused-ring (bicyclic) bond motifs is 1. The molecule has 0 bridgehead atoms. The number of nitrogens with zero attached hydrogens (tertiary/aromatic N) is 8. The van der Waals surface area contributed by atoms with Crippen LogP contribution in [0.4, 0.5) is 22.0 Å². The standard InChI is InChI=1S/C48H56N10O5/c1-29-30(2)63-43(28-57(29)41-24-40(52-53-45(41)49)37-5-3-4-6-42(37)59)33-11-13-34(14-12-33)47(61)55-21-19-54(20-22-55)26-31-7-15-35(16-8-31)58-27-39(32-9-10-32)38-23-36(25-50-46(38)58)56-18-17-44(60)51-48(56)62/h3-6,11-14,23-25,27,29-32,35,43,59H,7-10,15-22,26,28H2,1-2H3,(H2,49,53)(H,51,60,62)/t29-,30+,31?,35?,43+/m0/s1. The monoisotopic (exact) mass is 852 g/mol. The third-order valence-electron chi connectivity index (χ3n) is 14.2. The Morgan fingerprint density at radius 2 is 1.68 bits per heavy atom. The van der Waals surface area contributed by atoms with Gasteiger partial charge < -0.3 is 29.9 Å². The maximum atomic E-state index is 13.7. The average molecular weight is 853 g/mol. The maximum Gasteiger partial charge on any atom is 0.328 e. The van der Waals surface area contributed by atoms with Gasteiger partial charge in [0, 0.05) is 81.0 Å². The summed E-state index contributed by atoms with van der Waals surface area (Å²) < 4.78 is 8.91. The molecule has 3 atom stereocenters. The first-order valence-electron chi connectivity index (χ1n) is 22.6. The first kappa shape index (κ1) is 41.0. The second-order valence-corrected chi connectivity index (χ2v) is 18.2. The zero-order valence-electron chi connectivity index (χ0n) is 36.0. The number of para-hydroxylation sites is 1. The Kier molecular flexibility index (Phi) is 11.0. The van der Waals surface area contributed by atoms with Gasteiger partial charge in [-0.2, -0.15) is 0 Å². The summed E-state index contributed by atoms with van der Waals surface area (Å²) in [5.41, 5.74) is 13.0. The first-order valence-corrected chi connectivity index (χ1v) is 22.6. The predicted molar refractivity (Wildman–Crippen MR) is 241 cm³/mol. The number of rotatable bonds is 9. The molecule has 2 aliphatic carbocycles. The van der Waals surface area contributed by atoms with Crippen LogP contribution in [0.25, 0.3) is 22.3 Å². The second kappa shape index (κ2) is 16.9. The van der Waals surface area contributed by atoms with Crippen molar-refractivity contribution in [3.05, 3.63) is 89.7 Å². The van der Waals surface area contributed by atoms with Crippen molar-refractivity contribution in [3.8, 4) is 17.0 Å². The molecule has 2 aromatic carbocycles. The lowest BCUT2D eigenvalue weighted by atomic mass is 9.85. The van der Waals surface area contributed by atoms with Gasteiger partial charge in [0.05, 0.1) is 35.4 Å². The van der Waals surface area contributed by atoms with Crippen molar-refractivity contribution < 1.29 is 24.2 Å². The fraction of sp³-hybridized carbons (Fsp3) is 0.458. The molecule has 328 valence electrons. The Balaban J connectivity index is 0.727. The normalized spacial score (nSPS) is 24.8. The van der Waals surface area contributed by atoms with E-state index in [1.165, 1.54) is 18.4 Å². The van der Waals surface area contributed by atoms with E-state index >= 15 is 0 Å². The van der Waals surface area contributed by atoms with Gasteiger partial charge in [0.2, 0.25) is 5.91 Å². The summed E-state index contributed by atoms with van der Waals surface area (Å²) in [4.78, 5) is 51.3. The minimum atomic E-state index is -0.379. The van der Waals surface area contributed by atoms with E-state index in [2.05, 4.69) is 56.0 Å². The highest BCUT2D eigenvalue weighted by Crippen LogP contribution is 2.46. The number of nitrogen functional groups attached to an aromatic ring is 1. The number of phenolic OH excluding ortho intramolecular Hbond substituents is 1. The van der Waals surface area contributed by atoms with Crippen LogP contribution in [0.5, 0.6) is 5.75 Å². The van der Waals surface area contributed by atoms with Crippen molar-refractivity contribution >= 4 is 46.1 Å². The van der Waals surface area contributed by atoms with E-state index in [9.17, 15) is 19.5 Å². The van der Waals surface area contributed by atoms with E-state index in [4.69, 9.17) is 15.5 Å².